The van der Waals surface area contributed by atoms with Gasteiger partial charge in [-0.25, -0.2) is 14.4 Å². The molecule has 0 spiro atoms. The largest absolute Gasteiger partial charge is 0.346 e. The van der Waals surface area contributed by atoms with Crippen LogP contribution in [0.2, 0.25) is 0 Å². The number of halogens is 1. The van der Waals surface area contributed by atoms with Crippen LogP contribution in [0.3, 0.4) is 0 Å². The number of aliphatic imine (C=N–C) groups is 1. The lowest BCUT2D eigenvalue weighted by Crippen LogP contribution is -2.36. The Kier molecular flexibility index (Phi) is 4.16. The van der Waals surface area contributed by atoms with E-state index in [1.807, 2.05) is 44.3 Å². The van der Waals surface area contributed by atoms with E-state index in [4.69, 9.17) is 4.98 Å². The minimum absolute atomic E-state index is 0.0501. The van der Waals surface area contributed by atoms with E-state index < -0.39 is 0 Å². The summed E-state index contributed by atoms with van der Waals surface area (Å²) in [5.74, 6) is 0.651. The van der Waals surface area contributed by atoms with Gasteiger partial charge < -0.3 is 9.55 Å². The number of nitrogens with zero attached hydrogens (tertiary/aromatic N) is 5. The van der Waals surface area contributed by atoms with E-state index in [2.05, 4.69) is 32.6 Å². The molecule has 29 heavy (non-hydrogen) atoms. The Balaban J connectivity index is 1.81. The zero-order chi connectivity index (χ0) is 20.0. The number of aromatic amines is 1. The predicted octanol–water partition coefficient (Wildman–Crippen LogP) is 2.82. The number of H-pyrrole nitrogens is 1. The molecule has 1 N–H and O–H groups in total. The van der Waals surface area contributed by atoms with Crippen molar-refractivity contribution in [2.24, 2.45) is 12.0 Å². The lowest BCUT2D eigenvalue weighted by Gasteiger charge is -2.16. The lowest BCUT2D eigenvalue weighted by atomic mass is 10.0. The Morgan fingerprint density at radius 3 is 2.90 bits per heavy atom. The number of hydrogen-bond acceptors (Lipinski definition) is 3. The van der Waals surface area contributed by atoms with Crippen LogP contribution in [0.15, 0.2) is 60.0 Å². The maximum Gasteiger partial charge on any atom is 0.137 e. The van der Waals surface area contributed by atoms with Gasteiger partial charge in [-0.2, -0.15) is 5.10 Å². The third kappa shape index (κ3) is 2.99. The van der Waals surface area contributed by atoms with Gasteiger partial charge >= 0.3 is 0 Å². The highest BCUT2D eigenvalue weighted by Gasteiger charge is 2.20. The first-order chi connectivity index (χ1) is 14.1. The highest BCUT2D eigenvalue weighted by molar-refractivity contribution is 5.88. The number of nitrogens with one attached hydrogen (secondary N) is 1. The molecule has 2 aliphatic rings. The normalized spacial score (nSPS) is 20.6. The maximum atomic E-state index is 13.5. The van der Waals surface area contributed by atoms with Crippen molar-refractivity contribution >= 4 is 23.2 Å². The van der Waals surface area contributed by atoms with Crippen LogP contribution in [0.4, 0.5) is 10.2 Å². The number of aryl methyl sites for hydroxylation is 1. The number of fused-ring (bicyclic) bond motifs is 1. The van der Waals surface area contributed by atoms with Gasteiger partial charge in [0, 0.05) is 43.2 Å². The average Bonchev–Trinajstić information content (AvgIpc) is 3.46. The van der Waals surface area contributed by atoms with Crippen LogP contribution in [-0.2, 0) is 7.05 Å². The molecule has 1 unspecified atom stereocenters. The van der Waals surface area contributed by atoms with Gasteiger partial charge in [0.25, 0.3) is 0 Å². The van der Waals surface area contributed by atoms with Crippen molar-refractivity contribution in [2.75, 3.05) is 0 Å². The summed E-state index contributed by atoms with van der Waals surface area (Å²) in [6.07, 6.45) is 15.8. The summed E-state index contributed by atoms with van der Waals surface area (Å²) in [6, 6.07) is 2.10. The quantitative estimate of drug-likeness (QED) is 0.734. The topological polar surface area (TPSA) is 63.8 Å². The second kappa shape index (κ2) is 6.84. The lowest BCUT2D eigenvalue weighted by molar-refractivity contribution is 0.619. The van der Waals surface area contributed by atoms with Gasteiger partial charge in [0.15, 0.2) is 0 Å². The molecule has 0 radical (unpaired) electrons. The van der Waals surface area contributed by atoms with E-state index >= 15 is 0 Å². The fraction of sp³-hybridized carbons (Fsp3) is 0.227. The Hall–Kier alpha value is -3.48. The molecule has 1 aliphatic heterocycles. The molecule has 3 aromatic heterocycles. The first kappa shape index (κ1) is 17.6. The Morgan fingerprint density at radius 2 is 2.14 bits per heavy atom. The molecule has 7 heteroatoms. The van der Waals surface area contributed by atoms with Crippen LogP contribution < -0.4 is 10.7 Å². The van der Waals surface area contributed by atoms with E-state index in [1.54, 1.807) is 10.8 Å². The van der Waals surface area contributed by atoms with Gasteiger partial charge in [0.1, 0.15) is 11.6 Å². The number of aromatic nitrogens is 5. The summed E-state index contributed by atoms with van der Waals surface area (Å²) in [6.45, 7) is 2.14. The smallest absolute Gasteiger partial charge is 0.137 e. The van der Waals surface area contributed by atoms with E-state index in [9.17, 15) is 4.39 Å². The highest BCUT2D eigenvalue weighted by Crippen LogP contribution is 2.29. The van der Waals surface area contributed by atoms with Gasteiger partial charge in [0.05, 0.1) is 29.3 Å². The fourth-order valence-corrected chi connectivity index (χ4v) is 3.98. The van der Waals surface area contributed by atoms with Gasteiger partial charge in [-0.1, -0.05) is 6.08 Å². The molecule has 0 amide bonds. The summed E-state index contributed by atoms with van der Waals surface area (Å²) in [5.41, 5.74) is 4.35. The molecular weight excluding hydrogens is 367 g/mol. The minimum atomic E-state index is -0.205. The van der Waals surface area contributed by atoms with Crippen molar-refractivity contribution in [3.8, 4) is 0 Å². The second-order valence-corrected chi connectivity index (χ2v) is 7.36. The number of allylic oxidation sites excluding steroid dienone is 4. The first-order valence-corrected chi connectivity index (χ1v) is 9.63. The molecule has 1 atom stereocenters. The van der Waals surface area contributed by atoms with E-state index in [-0.39, 0.29) is 11.9 Å². The third-order valence-corrected chi connectivity index (χ3v) is 5.54. The van der Waals surface area contributed by atoms with Gasteiger partial charge in [0.2, 0.25) is 0 Å². The third-order valence-electron chi connectivity index (χ3n) is 5.54. The molecule has 0 fully saturated rings. The Labute approximate surface area is 167 Å². The average molecular weight is 388 g/mol. The molecule has 0 bridgehead atoms. The van der Waals surface area contributed by atoms with Crippen LogP contribution in [-0.4, -0.2) is 30.5 Å². The summed E-state index contributed by atoms with van der Waals surface area (Å²) in [7, 11) is 1.92. The molecule has 4 heterocycles. The molecule has 0 saturated heterocycles. The molecule has 0 aromatic carbocycles. The number of hydrogen-bond donors (Lipinski definition) is 1. The molecule has 146 valence electrons. The summed E-state index contributed by atoms with van der Waals surface area (Å²) < 4.78 is 17.5. The maximum absolute atomic E-state index is 13.5. The van der Waals surface area contributed by atoms with Gasteiger partial charge in [-0.3, -0.25) is 4.68 Å². The molecular formula is C22H21FN6. The second-order valence-electron chi connectivity index (χ2n) is 7.36. The zero-order valence-corrected chi connectivity index (χ0v) is 16.3. The minimum Gasteiger partial charge on any atom is -0.346 e. The molecule has 5 rings (SSSR count). The Bertz CT molecular complexity index is 1300. The molecule has 0 saturated carbocycles. The van der Waals surface area contributed by atoms with Gasteiger partial charge in [-0.15, -0.1) is 0 Å². The summed E-state index contributed by atoms with van der Waals surface area (Å²) in [5, 5.41) is 6.25. The summed E-state index contributed by atoms with van der Waals surface area (Å²) >= 11 is 0. The summed E-state index contributed by atoms with van der Waals surface area (Å²) in [4.78, 5) is 12.4. The van der Waals surface area contributed by atoms with E-state index in [0.29, 0.717) is 12.8 Å². The van der Waals surface area contributed by atoms with Crippen LogP contribution >= 0.6 is 0 Å². The first-order valence-electron chi connectivity index (χ1n) is 9.63. The SMILES string of the molecule is CC(c1cnn(C)c1)n1cnc(=C2C=CC(F)=CC2)c1=C1CC=Nc2[nH]ccc21. The van der Waals surface area contributed by atoms with Crippen LogP contribution in [0.1, 0.15) is 36.9 Å². The molecule has 3 aromatic rings. The van der Waals surface area contributed by atoms with Crippen molar-refractivity contribution < 1.29 is 4.39 Å². The number of rotatable bonds is 2. The van der Waals surface area contributed by atoms with Crippen molar-refractivity contribution in [2.45, 2.75) is 25.8 Å². The Morgan fingerprint density at radius 1 is 1.24 bits per heavy atom. The standard InChI is InChI=1S/C22H21FN6/c1-14(16-11-27-28(2)12-16)29-13-26-20(15-3-5-17(23)6-4-15)21(29)18-7-9-24-22-19(18)8-10-25-22/h3,5-6,8-14,25H,4,7H2,1-2H3. The number of imidazole rings is 1. The van der Waals surface area contributed by atoms with Crippen molar-refractivity contribution in [1.82, 2.24) is 24.3 Å². The van der Waals surface area contributed by atoms with Crippen molar-refractivity contribution in [1.29, 1.82) is 0 Å². The van der Waals surface area contributed by atoms with Crippen molar-refractivity contribution in [3.05, 3.63) is 76.9 Å². The van der Waals surface area contributed by atoms with E-state index in [1.165, 1.54) is 6.08 Å². The monoisotopic (exact) mass is 388 g/mol. The highest BCUT2D eigenvalue weighted by atomic mass is 19.1. The molecule has 1 aliphatic carbocycles. The molecule has 6 nitrogen and oxygen atoms in total. The van der Waals surface area contributed by atoms with Crippen molar-refractivity contribution in [3.63, 3.8) is 0 Å². The van der Waals surface area contributed by atoms with E-state index in [0.717, 1.165) is 38.8 Å². The van der Waals surface area contributed by atoms with Crippen LogP contribution in [0.25, 0.3) is 11.1 Å². The van der Waals surface area contributed by atoms with Crippen LogP contribution in [0.5, 0.6) is 0 Å². The zero-order valence-electron chi connectivity index (χ0n) is 16.3. The fourth-order valence-electron chi connectivity index (χ4n) is 3.98. The van der Waals surface area contributed by atoms with Crippen LogP contribution in [0, 0.1) is 0 Å². The van der Waals surface area contributed by atoms with Gasteiger partial charge in [-0.05, 0) is 42.7 Å². The predicted molar refractivity (Wildman–Crippen MR) is 111 cm³/mol.